The molecule has 0 radical (unpaired) electrons. The first-order valence-electron chi connectivity index (χ1n) is 6.67. The molecule has 0 spiro atoms. The van der Waals surface area contributed by atoms with Gasteiger partial charge in [-0.3, -0.25) is 5.10 Å². The number of aromatic amines is 1. The Morgan fingerprint density at radius 3 is 3.00 bits per heavy atom. The highest BCUT2D eigenvalue weighted by molar-refractivity contribution is 7.18. The second kappa shape index (κ2) is 5.58. The summed E-state index contributed by atoms with van der Waals surface area (Å²) in [5.74, 6) is 0.942. The fourth-order valence-corrected chi connectivity index (χ4v) is 3.18. The van der Waals surface area contributed by atoms with E-state index < -0.39 is 0 Å². The Hall–Kier alpha value is -1.95. The highest BCUT2D eigenvalue weighted by Crippen LogP contribution is 2.28. The minimum absolute atomic E-state index is 0.897. The van der Waals surface area contributed by atoms with Crippen molar-refractivity contribution < 1.29 is 0 Å². The Morgan fingerprint density at radius 2 is 2.20 bits per heavy atom. The van der Waals surface area contributed by atoms with Crippen LogP contribution < -0.4 is 5.32 Å². The van der Waals surface area contributed by atoms with Gasteiger partial charge in [-0.1, -0.05) is 0 Å². The summed E-state index contributed by atoms with van der Waals surface area (Å²) in [4.78, 5) is 8.67. The number of thiophene rings is 1. The molecule has 6 heteroatoms. The molecular formula is C14H17N5S. The Balaban J connectivity index is 1.61. The van der Waals surface area contributed by atoms with Crippen molar-refractivity contribution in [3.8, 4) is 0 Å². The molecule has 104 valence electrons. The summed E-state index contributed by atoms with van der Waals surface area (Å²) in [6.07, 6.45) is 5.61. The first-order chi connectivity index (χ1) is 9.75. The molecular weight excluding hydrogens is 270 g/mol. The minimum atomic E-state index is 0.897. The van der Waals surface area contributed by atoms with Gasteiger partial charge in [0.25, 0.3) is 0 Å². The van der Waals surface area contributed by atoms with Crippen LogP contribution in [0.2, 0.25) is 0 Å². The third-order valence-electron chi connectivity index (χ3n) is 3.38. The molecule has 3 aromatic heterocycles. The molecule has 3 aromatic rings. The van der Waals surface area contributed by atoms with Crippen molar-refractivity contribution in [2.75, 3.05) is 11.9 Å². The lowest BCUT2D eigenvalue weighted by Gasteiger charge is -2.06. The molecule has 0 saturated carbocycles. The number of fused-ring (bicyclic) bond motifs is 1. The van der Waals surface area contributed by atoms with Gasteiger partial charge in [-0.25, -0.2) is 9.97 Å². The fourth-order valence-electron chi connectivity index (χ4n) is 2.21. The van der Waals surface area contributed by atoms with Gasteiger partial charge in [-0.2, -0.15) is 5.10 Å². The van der Waals surface area contributed by atoms with Gasteiger partial charge in [0, 0.05) is 12.2 Å². The van der Waals surface area contributed by atoms with Gasteiger partial charge < -0.3 is 5.32 Å². The number of nitrogens with one attached hydrogen (secondary N) is 2. The van der Waals surface area contributed by atoms with Gasteiger partial charge in [0.15, 0.2) is 0 Å². The summed E-state index contributed by atoms with van der Waals surface area (Å²) in [6.45, 7) is 5.03. The van der Waals surface area contributed by atoms with Crippen LogP contribution in [-0.4, -0.2) is 26.7 Å². The number of aromatic nitrogens is 4. The van der Waals surface area contributed by atoms with E-state index in [9.17, 15) is 0 Å². The highest BCUT2D eigenvalue weighted by Gasteiger charge is 2.07. The predicted molar refractivity (Wildman–Crippen MR) is 82.3 cm³/mol. The van der Waals surface area contributed by atoms with E-state index in [-0.39, 0.29) is 0 Å². The van der Waals surface area contributed by atoms with Crippen LogP contribution in [0.4, 0.5) is 5.82 Å². The van der Waals surface area contributed by atoms with Gasteiger partial charge >= 0.3 is 0 Å². The molecule has 0 saturated heterocycles. The zero-order valence-corrected chi connectivity index (χ0v) is 12.4. The third kappa shape index (κ3) is 2.51. The lowest BCUT2D eigenvalue weighted by Crippen LogP contribution is -2.05. The van der Waals surface area contributed by atoms with Crippen LogP contribution in [0.1, 0.15) is 23.2 Å². The first kappa shape index (κ1) is 13.1. The average Bonchev–Trinajstić information content (AvgIpc) is 3.03. The molecule has 3 heterocycles. The zero-order chi connectivity index (χ0) is 13.9. The molecule has 3 rings (SSSR count). The lowest BCUT2D eigenvalue weighted by molar-refractivity contribution is 0.854. The zero-order valence-electron chi connectivity index (χ0n) is 11.6. The largest absolute Gasteiger partial charge is 0.369 e. The molecule has 0 aromatic carbocycles. The molecule has 2 N–H and O–H groups in total. The van der Waals surface area contributed by atoms with Crippen LogP contribution in [0.5, 0.6) is 0 Å². The van der Waals surface area contributed by atoms with Gasteiger partial charge in [-0.05, 0) is 43.2 Å². The topological polar surface area (TPSA) is 66.5 Å². The molecule has 0 aliphatic carbocycles. The normalized spacial score (nSPS) is 11.1. The van der Waals surface area contributed by atoms with E-state index in [0.29, 0.717) is 0 Å². The highest BCUT2D eigenvalue weighted by atomic mass is 32.1. The van der Waals surface area contributed by atoms with Crippen molar-refractivity contribution >= 4 is 27.4 Å². The number of hydrogen-bond acceptors (Lipinski definition) is 5. The number of aryl methyl sites for hydroxylation is 3. The molecule has 0 aliphatic rings. The predicted octanol–water partition coefficient (Wildman–Crippen LogP) is 3.08. The number of H-pyrrole nitrogens is 1. The van der Waals surface area contributed by atoms with Crippen molar-refractivity contribution in [2.24, 2.45) is 0 Å². The third-order valence-corrected chi connectivity index (χ3v) is 4.47. The quantitative estimate of drug-likeness (QED) is 0.708. The van der Waals surface area contributed by atoms with Gasteiger partial charge in [0.1, 0.15) is 12.1 Å². The van der Waals surface area contributed by atoms with Crippen LogP contribution in [-0.2, 0) is 6.42 Å². The molecule has 0 unspecified atom stereocenters. The summed E-state index contributed by atoms with van der Waals surface area (Å²) in [7, 11) is 0. The van der Waals surface area contributed by atoms with E-state index in [0.717, 1.165) is 41.1 Å². The summed E-state index contributed by atoms with van der Waals surface area (Å²) in [5.41, 5.74) is 4.71. The van der Waals surface area contributed by atoms with E-state index in [1.807, 2.05) is 6.20 Å². The van der Waals surface area contributed by atoms with Crippen molar-refractivity contribution in [3.63, 3.8) is 0 Å². The Kier molecular flexibility index (Phi) is 3.64. The Morgan fingerprint density at radius 1 is 1.30 bits per heavy atom. The van der Waals surface area contributed by atoms with Crippen LogP contribution in [0, 0.1) is 13.8 Å². The summed E-state index contributed by atoms with van der Waals surface area (Å²) >= 11 is 1.70. The standard InChI is InChI=1S/C14H17N5S/c1-9-7-20-13-12(9)16-8-17-14(13)15-5-3-4-11-6-18-19-10(11)2/h6-8H,3-5H2,1-2H3,(H,18,19)(H,15,16,17). The maximum absolute atomic E-state index is 4.34. The maximum atomic E-state index is 4.34. The smallest absolute Gasteiger partial charge is 0.147 e. The number of anilines is 1. The second-order valence-electron chi connectivity index (χ2n) is 4.87. The van der Waals surface area contributed by atoms with E-state index >= 15 is 0 Å². The Labute approximate surface area is 121 Å². The van der Waals surface area contributed by atoms with Gasteiger partial charge in [0.2, 0.25) is 0 Å². The molecule has 20 heavy (non-hydrogen) atoms. The lowest BCUT2D eigenvalue weighted by atomic mass is 10.1. The molecule has 5 nitrogen and oxygen atoms in total. The molecule has 0 fully saturated rings. The van der Waals surface area contributed by atoms with Crippen LogP contribution in [0.15, 0.2) is 17.9 Å². The first-order valence-corrected chi connectivity index (χ1v) is 7.55. The fraction of sp³-hybridized carbons (Fsp3) is 0.357. The van der Waals surface area contributed by atoms with E-state index in [4.69, 9.17) is 0 Å². The minimum Gasteiger partial charge on any atom is -0.369 e. The average molecular weight is 287 g/mol. The van der Waals surface area contributed by atoms with Gasteiger partial charge in [0.05, 0.1) is 16.4 Å². The van der Waals surface area contributed by atoms with Crippen LogP contribution in [0.25, 0.3) is 10.2 Å². The number of hydrogen-bond donors (Lipinski definition) is 2. The number of nitrogens with zero attached hydrogens (tertiary/aromatic N) is 3. The summed E-state index contributed by atoms with van der Waals surface area (Å²) < 4.78 is 1.14. The Bertz CT molecular complexity index is 715. The van der Waals surface area contributed by atoms with Crippen LogP contribution >= 0.6 is 11.3 Å². The molecule has 0 bridgehead atoms. The summed E-state index contributed by atoms with van der Waals surface area (Å²) in [5, 5.41) is 12.5. The van der Waals surface area contributed by atoms with Crippen molar-refractivity contribution in [2.45, 2.75) is 26.7 Å². The molecule has 0 aliphatic heterocycles. The molecule has 0 atom stereocenters. The molecule has 0 amide bonds. The van der Waals surface area contributed by atoms with E-state index in [2.05, 4.69) is 44.7 Å². The van der Waals surface area contributed by atoms with E-state index in [1.54, 1.807) is 17.7 Å². The summed E-state index contributed by atoms with van der Waals surface area (Å²) in [6, 6.07) is 0. The maximum Gasteiger partial charge on any atom is 0.147 e. The van der Waals surface area contributed by atoms with Crippen molar-refractivity contribution in [1.29, 1.82) is 0 Å². The van der Waals surface area contributed by atoms with Crippen molar-refractivity contribution in [1.82, 2.24) is 20.2 Å². The monoisotopic (exact) mass is 287 g/mol. The number of rotatable bonds is 5. The van der Waals surface area contributed by atoms with Crippen molar-refractivity contribution in [3.05, 3.63) is 34.7 Å². The van der Waals surface area contributed by atoms with Gasteiger partial charge in [-0.15, -0.1) is 11.3 Å². The van der Waals surface area contributed by atoms with E-state index in [1.165, 1.54) is 11.1 Å². The van der Waals surface area contributed by atoms with Crippen LogP contribution in [0.3, 0.4) is 0 Å². The SMILES string of the molecule is Cc1[nH]ncc1CCCNc1ncnc2c(C)csc12. The second-order valence-corrected chi connectivity index (χ2v) is 5.75.